The van der Waals surface area contributed by atoms with Crippen LogP contribution in [0.5, 0.6) is 0 Å². The number of aliphatic hydroxyl groups excluding tert-OH is 1. The second-order valence-electron chi connectivity index (χ2n) is 1.93. The van der Waals surface area contributed by atoms with E-state index in [1.807, 2.05) is 0 Å². The summed E-state index contributed by atoms with van der Waals surface area (Å²) in [6.07, 6.45) is -3.62. The van der Waals surface area contributed by atoms with Crippen molar-refractivity contribution in [2.45, 2.75) is 12.8 Å². The Bertz CT molecular complexity index is 238. The summed E-state index contributed by atoms with van der Waals surface area (Å²) in [7, 11) is 0. The molecule has 0 aliphatic rings. The van der Waals surface area contributed by atoms with Crippen LogP contribution in [-0.4, -0.2) is 5.11 Å². The molecule has 0 unspecified atom stereocenters. The Morgan fingerprint density at radius 3 is 2.45 bits per heavy atom. The third kappa shape index (κ3) is 1.54. The minimum Gasteiger partial charge on any atom is -0.459 e. The van der Waals surface area contributed by atoms with Crippen molar-refractivity contribution in [3.63, 3.8) is 0 Å². The fraction of sp³-hybridized carbons (Fsp3) is 0.333. The molecule has 11 heavy (non-hydrogen) atoms. The quantitative estimate of drug-likeness (QED) is 0.689. The summed E-state index contributed by atoms with van der Waals surface area (Å²) >= 11 is 0. The summed E-state index contributed by atoms with van der Waals surface area (Å²) in [4.78, 5) is 0. The van der Waals surface area contributed by atoms with Crippen LogP contribution >= 0.6 is 0 Å². The van der Waals surface area contributed by atoms with Crippen LogP contribution in [0.4, 0.5) is 13.2 Å². The highest BCUT2D eigenvalue weighted by Crippen LogP contribution is 2.32. The third-order valence-electron chi connectivity index (χ3n) is 1.17. The highest BCUT2D eigenvalue weighted by Gasteiger charge is 2.36. The van der Waals surface area contributed by atoms with Gasteiger partial charge in [0.15, 0.2) is 0 Å². The van der Waals surface area contributed by atoms with Crippen LogP contribution in [0.3, 0.4) is 0 Å². The van der Waals surface area contributed by atoms with Gasteiger partial charge in [0, 0.05) is 5.56 Å². The molecule has 62 valence electrons. The average Bonchev–Trinajstić information content (AvgIpc) is 2.31. The highest BCUT2D eigenvalue weighted by molar-refractivity contribution is 5.18. The van der Waals surface area contributed by atoms with Crippen molar-refractivity contribution in [3.8, 4) is 0 Å². The lowest BCUT2D eigenvalue weighted by atomic mass is 10.2. The first-order valence-corrected chi connectivity index (χ1v) is 2.80. The Morgan fingerprint density at radius 1 is 1.45 bits per heavy atom. The van der Waals surface area contributed by atoms with Crippen molar-refractivity contribution in [2.24, 2.45) is 0 Å². The van der Waals surface area contributed by atoms with Gasteiger partial charge in [0.05, 0.1) is 12.9 Å². The summed E-state index contributed by atoms with van der Waals surface area (Å²) < 4.78 is 39.7. The minimum atomic E-state index is -4.51. The van der Waals surface area contributed by atoms with Gasteiger partial charge in [-0.15, -0.1) is 0 Å². The molecule has 0 aromatic carbocycles. The number of halogens is 3. The molecular formula is C6H5F3O2. The van der Waals surface area contributed by atoms with E-state index in [2.05, 4.69) is 4.42 Å². The van der Waals surface area contributed by atoms with E-state index >= 15 is 0 Å². The van der Waals surface area contributed by atoms with E-state index in [-0.39, 0.29) is 5.56 Å². The van der Waals surface area contributed by atoms with E-state index in [9.17, 15) is 13.2 Å². The lowest BCUT2D eigenvalue weighted by Gasteiger charge is -2.02. The van der Waals surface area contributed by atoms with Gasteiger partial charge in [0.1, 0.15) is 0 Å². The van der Waals surface area contributed by atoms with E-state index in [1.165, 1.54) is 0 Å². The normalized spacial score (nSPS) is 12.0. The molecule has 1 heterocycles. The molecule has 0 saturated heterocycles. The molecule has 0 fully saturated rings. The van der Waals surface area contributed by atoms with Crippen LogP contribution in [0, 0.1) is 0 Å². The Morgan fingerprint density at radius 2 is 2.09 bits per heavy atom. The van der Waals surface area contributed by atoms with E-state index in [0.29, 0.717) is 0 Å². The number of alkyl halides is 3. The Kier molecular flexibility index (Phi) is 1.90. The zero-order valence-corrected chi connectivity index (χ0v) is 5.35. The van der Waals surface area contributed by atoms with Crippen molar-refractivity contribution in [2.75, 3.05) is 0 Å². The van der Waals surface area contributed by atoms with Crippen LogP contribution in [-0.2, 0) is 12.8 Å². The zero-order chi connectivity index (χ0) is 8.48. The van der Waals surface area contributed by atoms with Gasteiger partial charge in [-0.3, -0.25) is 0 Å². The monoisotopic (exact) mass is 166 g/mol. The number of rotatable bonds is 1. The summed E-state index contributed by atoms with van der Waals surface area (Å²) in [6.45, 7) is -0.661. The van der Waals surface area contributed by atoms with E-state index in [4.69, 9.17) is 5.11 Å². The highest BCUT2D eigenvalue weighted by atomic mass is 19.4. The zero-order valence-electron chi connectivity index (χ0n) is 5.35. The maximum absolute atomic E-state index is 11.9. The van der Waals surface area contributed by atoms with Crippen LogP contribution in [0.2, 0.25) is 0 Å². The van der Waals surface area contributed by atoms with E-state index < -0.39 is 18.5 Å². The summed E-state index contributed by atoms with van der Waals surface area (Å²) in [5.41, 5.74) is -0.238. The standard InChI is InChI=1S/C6H5F3O2/c7-6(8,9)5-4(3-10)1-2-11-5/h1-2,10H,3H2. The van der Waals surface area contributed by atoms with E-state index in [0.717, 1.165) is 12.3 Å². The van der Waals surface area contributed by atoms with Gasteiger partial charge >= 0.3 is 6.18 Å². The van der Waals surface area contributed by atoms with Crippen molar-refractivity contribution in [1.82, 2.24) is 0 Å². The van der Waals surface area contributed by atoms with E-state index in [1.54, 1.807) is 0 Å². The first-order chi connectivity index (χ1) is 5.05. The average molecular weight is 166 g/mol. The maximum Gasteiger partial charge on any atom is 0.449 e. The molecule has 1 aromatic heterocycles. The topological polar surface area (TPSA) is 33.4 Å². The number of furan rings is 1. The summed E-state index contributed by atoms with van der Waals surface area (Å²) in [5, 5.41) is 8.41. The maximum atomic E-state index is 11.9. The van der Waals surface area contributed by atoms with Crippen LogP contribution < -0.4 is 0 Å². The molecule has 0 bridgehead atoms. The molecule has 0 atom stereocenters. The Balaban J connectivity index is 3.02. The second-order valence-corrected chi connectivity index (χ2v) is 1.93. The number of hydrogen-bond acceptors (Lipinski definition) is 2. The SMILES string of the molecule is OCc1ccoc1C(F)(F)F. The van der Waals surface area contributed by atoms with Crippen molar-refractivity contribution in [1.29, 1.82) is 0 Å². The summed E-state index contributed by atoms with van der Waals surface area (Å²) in [6, 6.07) is 1.09. The molecule has 0 radical (unpaired) electrons. The predicted octanol–water partition coefficient (Wildman–Crippen LogP) is 1.79. The van der Waals surface area contributed by atoms with Gasteiger partial charge in [-0.05, 0) is 6.07 Å². The molecule has 0 aliphatic heterocycles. The number of hydrogen-bond donors (Lipinski definition) is 1. The molecule has 5 heteroatoms. The van der Waals surface area contributed by atoms with Crippen LogP contribution in [0.25, 0.3) is 0 Å². The Labute approximate surface area is 60.2 Å². The largest absolute Gasteiger partial charge is 0.459 e. The number of aliphatic hydroxyl groups is 1. The predicted molar refractivity (Wildman–Crippen MR) is 29.6 cm³/mol. The van der Waals surface area contributed by atoms with Gasteiger partial charge < -0.3 is 9.52 Å². The van der Waals surface area contributed by atoms with Crippen molar-refractivity contribution >= 4 is 0 Å². The molecule has 1 N–H and O–H groups in total. The Hall–Kier alpha value is -0.970. The lowest BCUT2D eigenvalue weighted by Crippen LogP contribution is -2.06. The van der Waals surface area contributed by atoms with Gasteiger partial charge in [-0.1, -0.05) is 0 Å². The van der Waals surface area contributed by atoms with Crippen molar-refractivity contribution < 1.29 is 22.7 Å². The van der Waals surface area contributed by atoms with Gasteiger partial charge in [0.25, 0.3) is 0 Å². The third-order valence-corrected chi connectivity index (χ3v) is 1.17. The molecule has 0 amide bonds. The molecule has 1 rings (SSSR count). The fourth-order valence-electron chi connectivity index (χ4n) is 0.709. The van der Waals surface area contributed by atoms with Crippen LogP contribution in [0.1, 0.15) is 11.3 Å². The lowest BCUT2D eigenvalue weighted by molar-refractivity contribution is -0.154. The molecule has 2 nitrogen and oxygen atoms in total. The molecular weight excluding hydrogens is 161 g/mol. The van der Waals surface area contributed by atoms with Crippen LogP contribution in [0.15, 0.2) is 16.7 Å². The molecule has 0 saturated carbocycles. The summed E-state index contributed by atoms with van der Waals surface area (Å²) in [5.74, 6) is -1.12. The molecule has 0 spiro atoms. The molecule has 1 aromatic rings. The van der Waals surface area contributed by atoms with Gasteiger partial charge in [0.2, 0.25) is 5.76 Å². The van der Waals surface area contributed by atoms with Gasteiger partial charge in [-0.25, -0.2) is 0 Å². The molecule has 0 aliphatic carbocycles. The smallest absolute Gasteiger partial charge is 0.449 e. The minimum absolute atomic E-state index is 0.238. The fourth-order valence-corrected chi connectivity index (χ4v) is 0.709. The van der Waals surface area contributed by atoms with Gasteiger partial charge in [-0.2, -0.15) is 13.2 Å². The van der Waals surface area contributed by atoms with Crippen molar-refractivity contribution in [3.05, 3.63) is 23.7 Å². The first kappa shape index (κ1) is 8.13. The second kappa shape index (κ2) is 2.58. The first-order valence-electron chi connectivity index (χ1n) is 2.80.